The third-order valence-electron chi connectivity index (χ3n) is 5.80. The number of esters is 1. The van der Waals surface area contributed by atoms with E-state index in [1.807, 2.05) is 0 Å². The fraction of sp³-hybridized carbons (Fsp3) is 0.240. The van der Waals surface area contributed by atoms with Gasteiger partial charge in [-0.05, 0) is 43.3 Å². The van der Waals surface area contributed by atoms with Crippen molar-refractivity contribution in [3.05, 3.63) is 92.8 Å². The van der Waals surface area contributed by atoms with Crippen molar-refractivity contribution in [3.8, 4) is 17.1 Å². The van der Waals surface area contributed by atoms with Gasteiger partial charge in [-0.2, -0.15) is 0 Å². The molecule has 3 heterocycles. The molecule has 0 radical (unpaired) electrons. The Morgan fingerprint density at radius 3 is 2.80 bits per heavy atom. The van der Waals surface area contributed by atoms with Crippen LogP contribution in [0, 0.1) is 12.7 Å². The number of aromatic amines is 1. The second kappa shape index (κ2) is 10.2. The number of aromatic hydroxyl groups is 1. The highest BCUT2D eigenvalue weighted by Gasteiger charge is 2.29. The van der Waals surface area contributed by atoms with Crippen molar-refractivity contribution >= 4 is 17.6 Å². The lowest BCUT2D eigenvalue weighted by molar-refractivity contribution is -0.140. The predicted octanol–water partition coefficient (Wildman–Crippen LogP) is 4.58. The summed E-state index contributed by atoms with van der Waals surface area (Å²) in [6, 6.07) is 8.86. The zero-order valence-corrected chi connectivity index (χ0v) is 19.8. The molecule has 0 fully saturated rings. The van der Waals surface area contributed by atoms with Gasteiger partial charge in [-0.1, -0.05) is 11.6 Å². The molecule has 182 valence electrons. The molecule has 1 atom stereocenters. The molecule has 0 bridgehead atoms. The lowest BCUT2D eigenvalue weighted by atomic mass is 9.93. The van der Waals surface area contributed by atoms with Crippen molar-refractivity contribution in [2.75, 3.05) is 7.11 Å². The predicted molar refractivity (Wildman–Crippen MR) is 127 cm³/mol. The number of ether oxygens (including phenoxy) is 1. The minimum absolute atomic E-state index is 0.0173. The summed E-state index contributed by atoms with van der Waals surface area (Å²) < 4.78 is 25.9. The van der Waals surface area contributed by atoms with Crippen molar-refractivity contribution in [1.82, 2.24) is 14.5 Å². The number of benzene rings is 1. The van der Waals surface area contributed by atoms with Crippen LogP contribution in [0.5, 0.6) is 5.75 Å². The largest absolute Gasteiger partial charge is 0.507 e. The van der Waals surface area contributed by atoms with Crippen LogP contribution in [-0.2, 0) is 22.5 Å². The first-order valence-electron chi connectivity index (χ1n) is 10.8. The van der Waals surface area contributed by atoms with E-state index in [1.165, 1.54) is 35.9 Å². The average molecular weight is 500 g/mol. The van der Waals surface area contributed by atoms with Gasteiger partial charge < -0.3 is 23.8 Å². The molecule has 0 aliphatic rings. The minimum Gasteiger partial charge on any atom is -0.507 e. The summed E-state index contributed by atoms with van der Waals surface area (Å²) in [5, 5.41) is 10.7. The molecule has 1 aromatic carbocycles. The van der Waals surface area contributed by atoms with E-state index in [9.17, 15) is 19.1 Å². The Labute approximate surface area is 205 Å². The van der Waals surface area contributed by atoms with Crippen molar-refractivity contribution < 1.29 is 23.4 Å². The quantitative estimate of drug-likeness (QED) is 0.343. The summed E-state index contributed by atoms with van der Waals surface area (Å²) >= 11 is 5.90. The molecule has 10 heteroatoms. The molecule has 0 saturated heterocycles. The van der Waals surface area contributed by atoms with Crippen LogP contribution in [0.2, 0.25) is 5.02 Å². The van der Waals surface area contributed by atoms with Gasteiger partial charge >= 0.3 is 5.97 Å². The standard InChI is InChI=1S/C25H23ClFN3O5/c1-14-9-20(31)24(25(33)30(14)8-7-16-12-28-13-29-16)17(11-23(32)34-2)22-6-5-21(35-22)15-3-4-19(27)18(26)10-15/h3-6,9-10,12-13,17,31H,7-8,11H2,1-2H3,(H,28,29)/t17-/m0/s1. The van der Waals surface area contributed by atoms with E-state index < -0.39 is 23.3 Å². The number of aromatic nitrogens is 3. The number of halogens is 2. The monoisotopic (exact) mass is 499 g/mol. The molecule has 0 unspecified atom stereocenters. The lowest BCUT2D eigenvalue weighted by Crippen LogP contribution is -2.29. The number of nitrogens with one attached hydrogen (secondary N) is 1. The van der Waals surface area contributed by atoms with E-state index in [0.29, 0.717) is 30.0 Å². The molecule has 8 nitrogen and oxygen atoms in total. The topological polar surface area (TPSA) is 110 Å². The third-order valence-corrected chi connectivity index (χ3v) is 6.09. The fourth-order valence-electron chi connectivity index (χ4n) is 3.97. The van der Waals surface area contributed by atoms with Gasteiger partial charge in [0.15, 0.2) is 0 Å². The molecular formula is C25H23ClFN3O5. The Bertz CT molecular complexity index is 1410. The summed E-state index contributed by atoms with van der Waals surface area (Å²) in [5.74, 6) is -1.68. The zero-order valence-electron chi connectivity index (χ0n) is 19.0. The summed E-state index contributed by atoms with van der Waals surface area (Å²) in [5.41, 5.74) is 1.51. The maximum atomic E-state index is 13.6. The number of methoxy groups -OCH3 is 1. The van der Waals surface area contributed by atoms with E-state index >= 15 is 0 Å². The summed E-state index contributed by atoms with van der Waals surface area (Å²) in [6.45, 7) is 2.05. The van der Waals surface area contributed by atoms with Crippen LogP contribution in [0.3, 0.4) is 0 Å². The number of hydrogen-bond donors (Lipinski definition) is 2. The Morgan fingerprint density at radius 1 is 1.31 bits per heavy atom. The Balaban J connectivity index is 1.76. The van der Waals surface area contributed by atoms with Crippen molar-refractivity contribution in [3.63, 3.8) is 0 Å². The highest BCUT2D eigenvalue weighted by atomic mass is 35.5. The molecule has 0 aliphatic heterocycles. The van der Waals surface area contributed by atoms with Crippen molar-refractivity contribution in [1.29, 1.82) is 0 Å². The Kier molecular flexibility index (Phi) is 7.07. The van der Waals surface area contributed by atoms with Crippen LogP contribution in [0.4, 0.5) is 4.39 Å². The van der Waals surface area contributed by atoms with Crippen molar-refractivity contribution in [2.45, 2.75) is 32.2 Å². The smallest absolute Gasteiger partial charge is 0.306 e. The summed E-state index contributed by atoms with van der Waals surface area (Å²) in [6.07, 6.45) is 3.51. The van der Waals surface area contributed by atoms with Gasteiger partial charge in [0.25, 0.3) is 5.56 Å². The number of nitrogens with zero attached hydrogens (tertiary/aromatic N) is 2. The second-order valence-corrected chi connectivity index (χ2v) is 8.44. The SMILES string of the molecule is COC(=O)C[C@@H](c1ccc(-c2ccc(F)c(Cl)c2)o1)c1c(O)cc(C)n(CCc2cnc[nH]2)c1=O. The molecule has 0 saturated carbocycles. The number of H-pyrrole nitrogens is 1. The number of imidazole rings is 1. The number of hydrogen-bond acceptors (Lipinski definition) is 6. The van der Waals surface area contributed by atoms with Gasteiger partial charge in [0, 0.05) is 36.1 Å². The molecule has 0 spiro atoms. The Hall–Kier alpha value is -3.85. The lowest BCUT2D eigenvalue weighted by Gasteiger charge is -2.18. The third kappa shape index (κ3) is 5.14. The van der Waals surface area contributed by atoms with Crippen LogP contribution < -0.4 is 5.56 Å². The number of rotatable bonds is 8. The van der Waals surface area contributed by atoms with Gasteiger partial charge in [0.1, 0.15) is 23.1 Å². The number of carbonyl (C=O) groups excluding carboxylic acids is 1. The van der Waals surface area contributed by atoms with Gasteiger partial charge in [-0.15, -0.1) is 0 Å². The molecule has 4 aromatic rings. The molecule has 4 rings (SSSR count). The summed E-state index contributed by atoms with van der Waals surface area (Å²) in [7, 11) is 1.24. The fourth-order valence-corrected chi connectivity index (χ4v) is 4.15. The Morgan fingerprint density at radius 2 is 2.11 bits per heavy atom. The first-order chi connectivity index (χ1) is 16.8. The first kappa shape index (κ1) is 24.3. The van der Waals surface area contributed by atoms with Gasteiger partial charge in [-0.3, -0.25) is 9.59 Å². The van der Waals surface area contributed by atoms with E-state index in [0.717, 1.165) is 5.69 Å². The van der Waals surface area contributed by atoms with Crippen molar-refractivity contribution in [2.24, 2.45) is 0 Å². The van der Waals surface area contributed by atoms with E-state index in [1.54, 1.807) is 31.6 Å². The van der Waals surface area contributed by atoms with Gasteiger partial charge in [-0.25, -0.2) is 9.37 Å². The molecule has 0 amide bonds. The summed E-state index contributed by atoms with van der Waals surface area (Å²) in [4.78, 5) is 32.8. The van der Waals surface area contributed by atoms with E-state index in [2.05, 4.69) is 9.97 Å². The second-order valence-electron chi connectivity index (χ2n) is 8.03. The van der Waals surface area contributed by atoms with Gasteiger partial charge in [0.2, 0.25) is 0 Å². The molecule has 2 N–H and O–H groups in total. The van der Waals surface area contributed by atoms with E-state index in [4.69, 9.17) is 20.8 Å². The van der Waals surface area contributed by atoms with Crippen LogP contribution in [0.15, 0.2) is 58.1 Å². The maximum Gasteiger partial charge on any atom is 0.306 e. The van der Waals surface area contributed by atoms with Crippen LogP contribution in [0.25, 0.3) is 11.3 Å². The zero-order chi connectivity index (χ0) is 25.1. The maximum absolute atomic E-state index is 13.6. The van der Waals surface area contributed by atoms with E-state index in [-0.39, 0.29) is 28.5 Å². The highest BCUT2D eigenvalue weighted by molar-refractivity contribution is 6.31. The van der Waals surface area contributed by atoms with Crippen LogP contribution >= 0.6 is 11.6 Å². The molecule has 35 heavy (non-hydrogen) atoms. The molecule has 0 aliphatic carbocycles. The molecular weight excluding hydrogens is 477 g/mol. The normalized spacial score (nSPS) is 12.0. The minimum atomic E-state index is -0.918. The average Bonchev–Trinajstić information content (AvgIpc) is 3.52. The number of carbonyl (C=O) groups is 1. The number of furan rings is 1. The van der Waals surface area contributed by atoms with Crippen LogP contribution in [-0.4, -0.2) is 32.7 Å². The van der Waals surface area contributed by atoms with Crippen LogP contribution in [0.1, 0.15) is 35.1 Å². The number of pyridine rings is 1. The number of aryl methyl sites for hydroxylation is 2. The highest BCUT2D eigenvalue weighted by Crippen LogP contribution is 2.36. The first-order valence-corrected chi connectivity index (χ1v) is 11.2. The molecule has 3 aromatic heterocycles. The van der Waals surface area contributed by atoms with Gasteiger partial charge in [0.05, 0.1) is 36.4 Å².